The summed E-state index contributed by atoms with van der Waals surface area (Å²) in [6.45, 7) is 8.41. The molecule has 2 aliphatic heterocycles. The first-order valence-electron chi connectivity index (χ1n) is 20.0. The Balaban J connectivity index is -0.000000131. The summed E-state index contributed by atoms with van der Waals surface area (Å²) in [5, 5.41) is 22.1. The second-order valence-corrected chi connectivity index (χ2v) is 12.4. The van der Waals surface area contributed by atoms with Gasteiger partial charge in [-0.05, 0) is 75.0 Å². The smallest absolute Gasteiger partial charge is 0.358 e. The van der Waals surface area contributed by atoms with Crippen LogP contribution in [0, 0.1) is 4.78 Å². The van der Waals surface area contributed by atoms with Gasteiger partial charge in [0.2, 0.25) is 5.91 Å². The van der Waals surface area contributed by atoms with E-state index in [9.17, 15) is 38.4 Å². The number of aliphatic carboxylic acids is 1. The zero-order valence-electron chi connectivity index (χ0n) is 40.5. The first kappa shape index (κ1) is 76.0. The molecule has 27 nitrogen and oxygen atoms in total. The highest BCUT2D eigenvalue weighted by molar-refractivity contribution is 7.45. The molecular weight excluding hydrogens is 911 g/mol. The van der Waals surface area contributed by atoms with Crippen LogP contribution in [0.15, 0.2) is 15.0 Å². The Labute approximate surface area is 400 Å². The Hall–Kier alpha value is -5.29. The van der Waals surface area contributed by atoms with E-state index in [1.807, 2.05) is 27.9 Å². The number of ether oxygens (including phenoxy) is 5. The molecule has 67 heavy (non-hydrogen) atoms. The van der Waals surface area contributed by atoms with Gasteiger partial charge in [0, 0.05) is 93.2 Å². The van der Waals surface area contributed by atoms with Gasteiger partial charge in [0.25, 0.3) is 29.7 Å². The second-order valence-electron chi connectivity index (χ2n) is 12.4. The molecule has 28 heteroatoms. The molecule has 0 saturated carbocycles. The van der Waals surface area contributed by atoms with E-state index < -0.39 is 41.5 Å². The van der Waals surface area contributed by atoms with E-state index in [0.29, 0.717) is 18.2 Å². The van der Waals surface area contributed by atoms with E-state index in [1.54, 1.807) is 7.05 Å². The third-order valence-electron chi connectivity index (χ3n) is 6.30. The zero-order chi connectivity index (χ0) is 52.3. The van der Waals surface area contributed by atoms with Crippen molar-refractivity contribution in [3.63, 3.8) is 0 Å². The summed E-state index contributed by atoms with van der Waals surface area (Å²) in [5.74, 6) is -4.22. The fourth-order valence-electron chi connectivity index (χ4n) is 3.53. The highest BCUT2D eigenvalue weighted by Gasteiger charge is 2.32. The number of carboxylic acid groups (broad SMARTS) is 1. The van der Waals surface area contributed by atoms with Crippen molar-refractivity contribution in [1.29, 1.82) is 4.78 Å². The number of carbonyl (C=O) groups excluding carboxylic acids is 7. The van der Waals surface area contributed by atoms with Crippen LogP contribution in [0.1, 0.15) is 59.8 Å². The maximum Gasteiger partial charge on any atom is 0.358 e. The SMILES string of the molecule is C.CCN=C=NCCCN(C)C.CCNC(=NCCCN(C)C)OC(=O)COC.CN.CNC(=O)COC.COCC(=O)O.COCC(=O)ON1C(=O)CCC1=O.N=S.O=C1CCC(=O)N1O. The van der Waals surface area contributed by atoms with Crippen LogP contribution in [-0.2, 0) is 79.3 Å². The van der Waals surface area contributed by atoms with Crippen LogP contribution in [0.4, 0.5) is 0 Å². The molecule has 0 aromatic rings. The summed E-state index contributed by atoms with van der Waals surface area (Å²) >= 11 is 3.33. The van der Waals surface area contributed by atoms with Crippen molar-refractivity contribution < 1.29 is 77.2 Å². The number of nitrogens with one attached hydrogen (secondary N) is 3. The molecule has 2 rings (SSSR count). The Morgan fingerprint density at radius 2 is 1.18 bits per heavy atom. The summed E-state index contributed by atoms with van der Waals surface area (Å²) in [5.41, 5.74) is 4.50. The summed E-state index contributed by atoms with van der Waals surface area (Å²) in [6, 6.07) is 2.91. The fourth-order valence-corrected chi connectivity index (χ4v) is 3.53. The number of esters is 1. The molecular formula is C39H79N11O16S. The first-order valence-corrected chi connectivity index (χ1v) is 20.4. The number of hydroxylamine groups is 4. The number of aliphatic imine (C=N–C) groups is 3. The number of nitrogens with two attached hydrogens (primary N) is 1. The largest absolute Gasteiger partial charge is 0.480 e. The molecule has 0 radical (unpaired) electrons. The second kappa shape index (κ2) is 56.8. The Bertz CT molecular complexity index is 1390. The molecule has 5 amide bonds. The van der Waals surface area contributed by atoms with Crippen LogP contribution in [0.2, 0.25) is 0 Å². The van der Waals surface area contributed by atoms with E-state index in [-0.39, 0.29) is 76.5 Å². The van der Waals surface area contributed by atoms with E-state index in [4.69, 9.17) is 19.8 Å². The van der Waals surface area contributed by atoms with Crippen molar-refractivity contribution in [3.8, 4) is 0 Å². The number of hydrogen-bond donors (Lipinski definition) is 6. The summed E-state index contributed by atoms with van der Waals surface area (Å²) in [7, 11) is 16.8. The number of nitrogens with zero attached hydrogens (tertiary/aromatic N) is 7. The van der Waals surface area contributed by atoms with Gasteiger partial charge < -0.3 is 59.8 Å². The van der Waals surface area contributed by atoms with Crippen LogP contribution in [0.5, 0.6) is 0 Å². The molecule has 0 bridgehead atoms. The average molecular weight is 990 g/mol. The van der Waals surface area contributed by atoms with Gasteiger partial charge >= 0.3 is 17.9 Å². The number of hydrogen-bond acceptors (Lipinski definition) is 23. The summed E-state index contributed by atoms with van der Waals surface area (Å²) in [4.78, 5) is 105. The third kappa shape index (κ3) is 56.8. The normalized spacial score (nSPS) is 11.9. The molecule has 0 atom stereocenters. The average Bonchev–Trinajstić information content (AvgIpc) is 3.75. The van der Waals surface area contributed by atoms with E-state index in [2.05, 4.69) is 97.5 Å². The van der Waals surface area contributed by atoms with Crippen LogP contribution in [0.25, 0.3) is 0 Å². The number of rotatable bonds is 19. The molecule has 2 fully saturated rings. The lowest BCUT2D eigenvalue weighted by molar-refractivity contribution is -0.199. The Kier molecular flexibility index (Phi) is 64.5. The first-order chi connectivity index (χ1) is 31.3. The highest BCUT2D eigenvalue weighted by Crippen LogP contribution is 2.12. The summed E-state index contributed by atoms with van der Waals surface area (Å²) in [6.07, 6.45) is 2.49. The van der Waals surface area contributed by atoms with Crippen LogP contribution in [-0.4, -0.2) is 226 Å². The lowest BCUT2D eigenvalue weighted by Gasteiger charge is -2.11. The minimum atomic E-state index is -0.933. The van der Waals surface area contributed by atoms with Crippen molar-refractivity contribution in [2.75, 3.05) is 136 Å². The number of imide groups is 2. The molecule has 0 aromatic heterocycles. The quantitative estimate of drug-likeness (QED) is 0.0239. The number of methoxy groups -OCH3 is 4. The van der Waals surface area contributed by atoms with Gasteiger partial charge in [-0.15, -0.1) is 5.06 Å². The van der Waals surface area contributed by atoms with E-state index >= 15 is 0 Å². The molecule has 0 aliphatic carbocycles. The van der Waals surface area contributed by atoms with Crippen molar-refractivity contribution >= 4 is 71.9 Å². The third-order valence-corrected chi connectivity index (χ3v) is 6.30. The zero-order valence-corrected chi connectivity index (χ0v) is 41.4. The minimum Gasteiger partial charge on any atom is -0.480 e. The standard InChI is InChI=1S/C11H23N3O3.C8H17N3.C7H9NO5.C4H5NO3.C4H9NO2.C3H6O3.CH5N.CH4.HNS/c1-5-12-11(17-10(15)9-16-4)13-7-6-8-14(2)3;1-4-9-8-10-6-5-7-11(2)3;1-12-4-7(11)13-8-5(9)2-3-6(8)10;6-3-1-2-4(7)5(3)8;1-5-4(6)3-7-2;1-6-2-3(4)5;1-2;;1-2/h5-9H2,1-4H3,(H,12,13);4-7H2,1-3H3;2-4H2,1H3;8H,1-2H2;3H2,1-2H3,(H,5,6);2H2,1H3,(H,4,5);2H2,1H3;1H4;1H. The Morgan fingerprint density at radius 3 is 1.51 bits per heavy atom. The van der Waals surface area contributed by atoms with Crippen LogP contribution >= 0.6 is 0 Å². The van der Waals surface area contributed by atoms with Gasteiger partial charge in [-0.3, -0.25) is 29.2 Å². The number of carbonyl (C=O) groups is 8. The van der Waals surface area contributed by atoms with Gasteiger partial charge in [0.1, 0.15) is 26.4 Å². The molecule has 0 aromatic carbocycles. The predicted molar refractivity (Wildman–Crippen MR) is 250 cm³/mol. The monoisotopic (exact) mass is 990 g/mol. The molecule has 392 valence electrons. The number of likely N-dealkylation sites (N-methyl/N-ethyl adjacent to an activating group) is 1. The van der Waals surface area contributed by atoms with Crippen LogP contribution in [0.3, 0.4) is 0 Å². The minimum absolute atomic E-state index is 0. The Morgan fingerprint density at radius 1 is 0.746 bits per heavy atom. The topological polar surface area (TPSA) is 356 Å². The highest BCUT2D eigenvalue weighted by atomic mass is 32.1. The van der Waals surface area contributed by atoms with E-state index in [1.165, 1.54) is 35.5 Å². The maximum atomic E-state index is 11.2. The molecule has 0 unspecified atom stereocenters. The van der Waals surface area contributed by atoms with E-state index in [0.717, 1.165) is 39.0 Å². The van der Waals surface area contributed by atoms with Crippen molar-refractivity contribution in [2.24, 2.45) is 20.7 Å². The molecule has 2 heterocycles. The van der Waals surface area contributed by atoms with Gasteiger partial charge in [0.15, 0.2) is 0 Å². The molecule has 2 saturated heterocycles. The molecule has 2 aliphatic rings. The van der Waals surface area contributed by atoms with Crippen molar-refractivity contribution in [1.82, 2.24) is 30.6 Å². The van der Waals surface area contributed by atoms with Gasteiger partial charge in [-0.25, -0.2) is 34.1 Å². The van der Waals surface area contributed by atoms with Gasteiger partial charge in [0.05, 0.1) is 12.6 Å². The van der Waals surface area contributed by atoms with Crippen LogP contribution < -0.4 is 16.4 Å². The predicted octanol–water partition coefficient (Wildman–Crippen LogP) is -0.407. The lowest BCUT2D eigenvalue weighted by Crippen LogP contribution is -2.33. The molecule has 0 spiro atoms. The van der Waals surface area contributed by atoms with Crippen molar-refractivity contribution in [3.05, 3.63) is 0 Å². The van der Waals surface area contributed by atoms with Gasteiger partial charge in [-0.1, -0.05) is 7.43 Å². The summed E-state index contributed by atoms with van der Waals surface area (Å²) < 4.78 is 28.2. The van der Waals surface area contributed by atoms with Gasteiger partial charge in [-0.2, -0.15) is 5.06 Å². The molecule has 7 N–H and O–H groups in total. The lowest BCUT2D eigenvalue weighted by atomic mass is 10.4. The number of amides is 5. The maximum absolute atomic E-state index is 11.2. The number of amidine groups is 1. The van der Waals surface area contributed by atoms with Crippen molar-refractivity contribution in [2.45, 2.75) is 59.8 Å². The number of carboxylic acids is 1. The fraction of sp³-hybridized carbons (Fsp3) is 0.744.